The first kappa shape index (κ1) is 13.0. The van der Waals surface area contributed by atoms with Gasteiger partial charge in [-0.1, -0.05) is 22.8 Å². The van der Waals surface area contributed by atoms with Gasteiger partial charge in [0.25, 0.3) is 0 Å². The average Bonchev–Trinajstić information content (AvgIpc) is 2.40. The number of nitrogens with one attached hydrogen (secondary N) is 1. The van der Waals surface area contributed by atoms with Crippen molar-refractivity contribution in [2.75, 3.05) is 5.32 Å². The SMILES string of the molecule is O=C(Nc1cccc(Cl)c1)ON=Cc1ccncc1. The number of halogens is 1. The van der Waals surface area contributed by atoms with Crippen molar-refractivity contribution >= 4 is 29.6 Å². The van der Waals surface area contributed by atoms with Crippen LogP contribution in [-0.4, -0.2) is 17.3 Å². The second-order valence-corrected chi connectivity index (χ2v) is 3.97. The molecular formula is C13H10ClN3O2. The Morgan fingerprint density at radius 3 is 2.84 bits per heavy atom. The lowest BCUT2D eigenvalue weighted by Gasteiger charge is -2.02. The van der Waals surface area contributed by atoms with Crippen molar-refractivity contribution in [1.29, 1.82) is 0 Å². The summed E-state index contributed by atoms with van der Waals surface area (Å²) in [7, 11) is 0. The van der Waals surface area contributed by atoms with E-state index in [1.54, 1.807) is 48.8 Å². The molecule has 2 rings (SSSR count). The van der Waals surface area contributed by atoms with E-state index in [1.165, 1.54) is 6.21 Å². The highest BCUT2D eigenvalue weighted by Crippen LogP contribution is 2.14. The summed E-state index contributed by atoms with van der Waals surface area (Å²) in [5, 5.41) is 6.59. The Kier molecular flexibility index (Phi) is 4.47. The number of hydrogen-bond donors (Lipinski definition) is 1. The highest BCUT2D eigenvalue weighted by molar-refractivity contribution is 6.30. The first-order valence-corrected chi connectivity index (χ1v) is 5.79. The lowest BCUT2D eigenvalue weighted by Crippen LogP contribution is -2.10. The van der Waals surface area contributed by atoms with Gasteiger partial charge in [0.05, 0.1) is 6.21 Å². The Balaban J connectivity index is 1.87. The predicted octanol–water partition coefficient (Wildman–Crippen LogP) is 3.32. The van der Waals surface area contributed by atoms with Gasteiger partial charge < -0.3 is 0 Å². The second kappa shape index (κ2) is 6.51. The second-order valence-electron chi connectivity index (χ2n) is 3.53. The normalized spacial score (nSPS) is 10.4. The van der Waals surface area contributed by atoms with Crippen LogP contribution in [0.3, 0.4) is 0 Å². The largest absolute Gasteiger partial charge is 0.437 e. The molecular weight excluding hydrogens is 266 g/mol. The Morgan fingerprint density at radius 2 is 2.11 bits per heavy atom. The van der Waals surface area contributed by atoms with Gasteiger partial charge in [0, 0.05) is 23.1 Å². The molecule has 1 amide bonds. The number of aromatic nitrogens is 1. The third-order valence-corrected chi connectivity index (χ3v) is 2.35. The summed E-state index contributed by atoms with van der Waals surface area (Å²) in [5.41, 5.74) is 1.32. The number of nitrogens with zero attached hydrogens (tertiary/aromatic N) is 2. The number of oxime groups is 1. The maximum atomic E-state index is 11.4. The molecule has 0 aliphatic rings. The van der Waals surface area contributed by atoms with Crippen molar-refractivity contribution in [3.8, 4) is 0 Å². The number of rotatable bonds is 3. The summed E-state index contributed by atoms with van der Waals surface area (Å²) in [6, 6.07) is 10.2. The van der Waals surface area contributed by atoms with E-state index in [1.807, 2.05) is 0 Å². The summed E-state index contributed by atoms with van der Waals surface area (Å²) in [6.07, 6.45) is 3.97. The molecule has 0 saturated carbocycles. The van der Waals surface area contributed by atoms with Crippen LogP contribution in [0.4, 0.5) is 10.5 Å². The van der Waals surface area contributed by atoms with Crippen LogP contribution in [-0.2, 0) is 4.84 Å². The van der Waals surface area contributed by atoms with Crippen molar-refractivity contribution in [1.82, 2.24) is 4.98 Å². The molecule has 0 spiro atoms. The van der Waals surface area contributed by atoms with Gasteiger partial charge in [-0.25, -0.2) is 4.79 Å². The van der Waals surface area contributed by atoms with Crippen molar-refractivity contribution < 1.29 is 9.63 Å². The highest BCUT2D eigenvalue weighted by atomic mass is 35.5. The van der Waals surface area contributed by atoms with E-state index in [-0.39, 0.29) is 0 Å². The zero-order chi connectivity index (χ0) is 13.5. The summed E-state index contributed by atoms with van der Waals surface area (Å²) in [4.78, 5) is 19.9. The molecule has 1 N–H and O–H groups in total. The molecule has 6 heteroatoms. The van der Waals surface area contributed by atoms with Gasteiger partial charge in [-0.2, -0.15) is 0 Å². The van der Waals surface area contributed by atoms with Crippen LogP contribution in [0.15, 0.2) is 53.9 Å². The highest BCUT2D eigenvalue weighted by Gasteiger charge is 2.02. The van der Waals surface area contributed by atoms with Gasteiger partial charge in [-0.3, -0.25) is 15.1 Å². The minimum atomic E-state index is -0.687. The lowest BCUT2D eigenvalue weighted by molar-refractivity contribution is 0.167. The number of benzene rings is 1. The molecule has 0 radical (unpaired) electrons. The van der Waals surface area contributed by atoms with E-state index >= 15 is 0 Å². The summed E-state index contributed by atoms with van der Waals surface area (Å²) in [5.74, 6) is 0. The first-order valence-electron chi connectivity index (χ1n) is 5.41. The molecule has 1 heterocycles. The molecule has 19 heavy (non-hydrogen) atoms. The van der Waals surface area contributed by atoms with Crippen LogP contribution in [0.1, 0.15) is 5.56 Å². The Bertz CT molecular complexity index is 587. The summed E-state index contributed by atoms with van der Waals surface area (Å²) in [6.45, 7) is 0. The number of anilines is 1. The smallest absolute Gasteiger partial charge is 0.298 e. The van der Waals surface area contributed by atoms with E-state index in [4.69, 9.17) is 11.6 Å². The monoisotopic (exact) mass is 275 g/mol. The van der Waals surface area contributed by atoms with Crippen molar-refractivity contribution in [3.63, 3.8) is 0 Å². The topological polar surface area (TPSA) is 63.6 Å². The van der Waals surface area contributed by atoms with E-state index in [9.17, 15) is 4.79 Å². The molecule has 2 aromatic rings. The molecule has 0 saturated heterocycles. The fourth-order valence-corrected chi connectivity index (χ4v) is 1.48. The predicted molar refractivity (Wildman–Crippen MR) is 73.4 cm³/mol. The number of carbonyl (C=O) groups excluding carboxylic acids is 1. The molecule has 0 aliphatic heterocycles. The minimum absolute atomic E-state index is 0.526. The van der Waals surface area contributed by atoms with E-state index in [2.05, 4.69) is 20.3 Å². The fraction of sp³-hybridized carbons (Fsp3) is 0. The van der Waals surface area contributed by atoms with Crippen LogP contribution in [0.2, 0.25) is 5.02 Å². The molecule has 0 aliphatic carbocycles. The Labute approximate surface area is 114 Å². The molecule has 0 bridgehead atoms. The molecule has 0 unspecified atom stereocenters. The molecule has 96 valence electrons. The van der Waals surface area contributed by atoms with Gasteiger partial charge in [-0.05, 0) is 35.9 Å². The molecule has 0 atom stereocenters. The molecule has 1 aromatic carbocycles. The minimum Gasteiger partial charge on any atom is -0.298 e. The van der Waals surface area contributed by atoms with Crippen LogP contribution in [0.5, 0.6) is 0 Å². The van der Waals surface area contributed by atoms with Crippen LogP contribution < -0.4 is 5.32 Å². The van der Waals surface area contributed by atoms with Gasteiger partial charge in [-0.15, -0.1) is 0 Å². The van der Waals surface area contributed by atoms with Gasteiger partial charge in [0.1, 0.15) is 0 Å². The zero-order valence-corrected chi connectivity index (χ0v) is 10.5. The quantitative estimate of drug-likeness (QED) is 0.531. The lowest BCUT2D eigenvalue weighted by atomic mass is 10.3. The van der Waals surface area contributed by atoms with Gasteiger partial charge in [0.15, 0.2) is 0 Å². The van der Waals surface area contributed by atoms with E-state index < -0.39 is 6.09 Å². The number of carbonyl (C=O) groups is 1. The summed E-state index contributed by atoms with van der Waals surface area (Å²) < 4.78 is 0. The third-order valence-electron chi connectivity index (χ3n) is 2.11. The third kappa shape index (κ3) is 4.40. The maximum Gasteiger partial charge on any atom is 0.437 e. The average molecular weight is 276 g/mol. The Hall–Kier alpha value is -2.40. The fourth-order valence-electron chi connectivity index (χ4n) is 1.29. The first-order chi connectivity index (χ1) is 9.24. The standard InChI is InChI=1S/C13H10ClN3O2/c14-11-2-1-3-12(8-11)17-13(18)19-16-9-10-4-6-15-7-5-10/h1-9H,(H,17,18). The molecule has 1 aromatic heterocycles. The van der Waals surface area contributed by atoms with Crippen molar-refractivity contribution in [2.24, 2.45) is 5.16 Å². The van der Waals surface area contributed by atoms with Crippen LogP contribution >= 0.6 is 11.6 Å². The van der Waals surface area contributed by atoms with Gasteiger partial charge >= 0.3 is 6.09 Å². The molecule has 5 nitrogen and oxygen atoms in total. The maximum absolute atomic E-state index is 11.4. The van der Waals surface area contributed by atoms with Gasteiger partial charge in [0.2, 0.25) is 0 Å². The van der Waals surface area contributed by atoms with E-state index in [0.717, 1.165) is 5.56 Å². The summed E-state index contributed by atoms with van der Waals surface area (Å²) >= 11 is 5.79. The number of pyridine rings is 1. The Morgan fingerprint density at radius 1 is 1.32 bits per heavy atom. The zero-order valence-electron chi connectivity index (χ0n) is 9.79. The molecule has 0 fully saturated rings. The van der Waals surface area contributed by atoms with Crippen LogP contribution in [0.25, 0.3) is 0 Å². The number of hydrogen-bond acceptors (Lipinski definition) is 4. The van der Waals surface area contributed by atoms with Crippen molar-refractivity contribution in [2.45, 2.75) is 0 Å². The van der Waals surface area contributed by atoms with E-state index in [0.29, 0.717) is 10.7 Å². The van der Waals surface area contributed by atoms with Crippen molar-refractivity contribution in [3.05, 3.63) is 59.4 Å². The number of amides is 1. The van der Waals surface area contributed by atoms with Crippen LogP contribution in [0, 0.1) is 0 Å².